The highest BCUT2D eigenvalue weighted by atomic mass is 16.1. The summed E-state index contributed by atoms with van der Waals surface area (Å²) < 4.78 is 0. The van der Waals surface area contributed by atoms with Crippen LogP contribution in [-0.2, 0) is 6.54 Å². The molecule has 2 aromatic carbocycles. The van der Waals surface area contributed by atoms with E-state index in [9.17, 15) is 4.79 Å². The number of nitrogens with one attached hydrogen (secondary N) is 2. The molecule has 4 nitrogen and oxygen atoms in total. The summed E-state index contributed by atoms with van der Waals surface area (Å²) in [4.78, 5) is 16.8. The van der Waals surface area contributed by atoms with E-state index in [0.29, 0.717) is 12.1 Å². The van der Waals surface area contributed by atoms with Gasteiger partial charge in [0, 0.05) is 11.9 Å². The van der Waals surface area contributed by atoms with Crippen molar-refractivity contribution in [2.45, 2.75) is 20.4 Å². The van der Waals surface area contributed by atoms with Gasteiger partial charge in [-0.25, -0.2) is 0 Å². The number of aromatic nitrogens is 1. The molecular formula is C21H21N3O. The minimum atomic E-state index is -0.126. The second-order valence-electron chi connectivity index (χ2n) is 5.92. The lowest BCUT2D eigenvalue weighted by molar-refractivity contribution is 0.0951. The van der Waals surface area contributed by atoms with Gasteiger partial charge in [0.05, 0.1) is 23.5 Å². The van der Waals surface area contributed by atoms with Crippen LogP contribution in [0, 0.1) is 13.8 Å². The lowest BCUT2D eigenvalue weighted by atomic mass is 10.1. The van der Waals surface area contributed by atoms with Gasteiger partial charge in [0.1, 0.15) is 0 Å². The van der Waals surface area contributed by atoms with E-state index in [1.54, 1.807) is 6.20 Å². The van der Waals surface area contributed by atoms with Gasteiger partial charge in [0.2, 0.25) is 0 Å². The number of carbonyl (C=O) groups excluding carboxylic acids is 1. The highest BCUT2D eigenvalue weighted by Crippen LogP contribution is 2.25. The fourth-order valence-corrected chi connectivity index (χ4v) is 2.59. The van der Waals surface area contributed by atoms with Crippen molar-refractivity contribution in [3.8, 4) is 0 Å². The molecule has 0 fully saturated rings. The number of para-hydroxylation sites is 1. The van der Waals surface area contributed by atoms with Crippen molar-refractivity contribution in [1.82, 2.24) is 10.3 Å². The second-order valence-corrected chi connectivity index (χ2v) is 5.92. The summed E-state index contributed by atoms with van der Waals surface area (Å²) >= 11 is 0. The first-order valence-corrected chi connectivity index (χ1v) is 8.25. The molecule has 1 heterocycles. The molecule has 0 bridgehead atoms. The standard InChI is InChI=1S/C21H21N3O/c1-15-8-7-12-19(16(15)2)24-20-11-4-3-10-18(20)21(25)23-14-17-9-5-6-13-22-17/h3-13,24H,14H2,1-2H3,(H,23,25). The van der Waals surface area contributed by atoms with Crippen LogP contribution in [0.4, 0.5) is 11.4 Å². The van der Waals surface area contributed by atoms with Crippen molar-refractivity contribution in [2.75, 3.05) is 5.32 Å². The van der Waals surface area contributed by atoms with E-state index >= 15 is 0 Å². The molecule has 1 aromatic heterocycles. The lowest BCUT2D eigenvalue weighted by Crippen LogP contribution is -2.24. The molecule has 4 heteroatoms. The molecular weight excluding hydrogens is 310 g/mol. The van der Waals surface area contributed by atoms with Crippen molar-refractivity contribution in [1.29, 1.82) is 0 Å². The summed E-state index contributed by atoms with van der Waals surface area (Å²) in [5, 5.41) is 6.31. The SMILES string of the molecule is Cc1cccc(Nc2ccccc2C(=O)NCc2ccccn2)c1C. The van der Waals surface area contributed by atoms with Crippen LogP contribution in [0.25, 0.3) is 0 Å². The van der Waals surface area contributed by atoms with E-state index in [4.69, 9.17) is 0 Å². The molecule has 0 saturated heterocycles. The minimum Gasteiger partial charge on any atom is -0.355 e. The number of carbonyl (C=O) groups is 1. The number of pyridine rings is 1. The molecule has 0 spiro atoms. The molecule has 0 atom stereocenters. The maximum atomic E-state index is 12.6. The predicted octanol–water partition coefficient (Wildman–Crippen LogP) is 4.37. The predicted molar refractivity (Wildman–Crippen MR) is 101 cm³/mol. The Morgan fingerprint density at radius 3 is 2.48 bits per heavy atom. The van der Waals surface area contributed by atoms with E-state index in [1.807, 2.05) is 54.6 Å². The molecule has 0 saturated carbocycles. The molecule has 0 aliphatic carbocycles. The van der Waals surface area contributed by atoms with Crippen molar-refractivity contribution in [2.24, 2.45) is 0 Å². The molecule has 0 aliphatic rings. The third-order valence-corrected chi connectivity index (χ3v) is 4.20. The van der Waals surface area contributed by atoms with E-state index in [0.717, 1.165) is 17.1 Å². The quantitative estimate of drug-likeness (QED) is 0.730. The maximum Gasteiger partial charge on any atom is 0.253 e. The smallest absolute Gasteiger partial charge is 0.253 e. The Morgan fingerprint density at radius 1 is 0.920 bits per heavy atom. The Hall–Kier alpha value is -3.14. The summed E-state index contributed by atoms with van der Waals surface area (Å²) in [5.41, 5.74) is 5.61. The van der Waals surface area contributed by atoms with Crippen LogP contribution < -0.4 is 10.6 Å². The number of hydrogen-bond donors (Lipinski definition) is 2. The summed E-state index contributed by atoms with van der Waals surface area (Å²) in [6.07, 6.45) is 1.72. The van der Waals surface area contributed by atoms with Crippen LogP contribution in [0.1, 0.15) is 27.2 Å². The number of anilines is 2. The molecule has 3 aromatic rings. The molecule has 2 N–H and O–H groups in total. The first-order chi connectivity index (χ1) is 12.1. The van der Waals surface area contributed by atoms with Crippen LogP contribution in [0.15, 0.2) is 66.9 Å². The third kappa shape index (κ3) is 4.04. The first kappa shape index (κ1) is 16.7. The van der Waals surface area contributed by atoms with Crippen molar-refractivity contribution in [3.05, 3.63) is 89.2 Å². The van der Waals surface area contributed by atoms with E-state index in [-0.39, 0.29) is 5.91 Å². The van der Waals surface area contributed by atoms with Gasteiger partial charge in [0.15, 0.2) is 0 Å². The Bertz CT molecular complexity index is 875. The van der Waals surface area contributed by atoms with Gasteiger partial charge >= 0.3 is 0 Å². The minimum absolute atomic E-state index is 0.126. The van der Waals surface area contributed by atoms with Crippen molar-refractivity contribution < 1.29 is 4.79 Å². The van der Waals surface area contributed by atoms with Crippen LogP contribution >= 0.6 is 0 Å². The van der Waals surface area contributed by atoms with E-state index in [2.05, 4.69) is 35.5 Å². The highest BCUT2D eigenvalue weighted by Gasteiger charge is 2.12. The zero-order valence-electron chi connectivity index (χ0n) is 14.4. The summed E-state index contributed by atoms with van der Waals surface area (Å²) in [5.74, 6) is -0.126. The maximum absolute atomic E-state index is 12.6. The molecule has 1 amide bonds. The molecule has 0 unspecified atom stereocenters. The topological polar surface area (TPSA) is 54.0 Å². The summed E-state index contributed by atoms with van der Waals surface area (Å²) in [6, 6.07) is 19.3. The van der Waals surface area contributed by atoms with Crippen LogP contribution in [0.2, 0.25) is 0 Å². The van der Waals surface area contributed by atoms with Crippen LogP contribution in [0.5, 0.6) is 0 Å². The van der Waals surface area contributed by atoms with Crippen LogP contribution in [-0.4, -0.2) is 10.9 Å². The number of aryl methyl sites for hydroxylation is 1. The zero-order chi connectivity index (χ0) is 17.6. The second kappa shape index (κ2) is 7.62. The van der Waals surface area contributed by atoms with Crippen LogP contribution in [0.3, 0.4) is 0 Å². The van der Waals surface area contributed by atoms with Crippen molar-refractivity contribution >= 4 is 17.3 Å². The van der Waals surface area contributed by atoms with E-state index in [1.165, 1.54) is 11.1 Å². The number of amides is 1. The molecule has 25 heavy (non-hydrogen) atoms. The average Bonchev–Trinajstić information content (AvgIpc) is 2.65. The van der Waals surface area contributed by atoms with Gasteiger partial charge in [-0.1, -0.05) is 30.3 Å². The summed E-state index contributed by atoms with van der Waals surface area (Å²) in [7, 11) is 0. The molecule has 126 valence electrons. The number of hydrogen-bond acceptors (Lipinski definition) is 3. The normalized spacial score (nSPS) is 10.3. The summed E-state index contributed by atoms with van der Waals surface area (Å²) in [6.45, 7) is 4.55. The van der Waals surface area contributed by atoms with Gasteiger partial charge in [-0.2, -0.15) is 0 Å². The lowest BCUT2D eigenvalue weighted by Gasteiger charge is -2.15. The molecule has 0 aliphatic heterocycles. The van der Waals surface area contributed by atoms with E-state index < -0.39 is 0 Å². The largest absolute Gasteiger partial charge is 0.355 e. The molecule has 0 radical (unpaired) electrons. The Morgan fingerprint density at radius 2 is 1.68 bits per heavy atom. The Labute approximate surface area is 147 Å². The zero-order valence-corrected chi connectivity index (χ0v) is 14.4. The first-order valence-electron chi connectivity index (χ1n) is 8.25. The van der Waals surface area contributed by atoms with Gasteiger partial charge in [-0.15, -0.1) is 0 Å². The number of rotatable bonds is 5. The van der Waals surface area contributed by atoms with Gasteiger partial charge in [-0.3, -0.25) is 9.78 Å². The monoisotopic (exact) mass is 331 g/mol. The van der Waals surface area contributed by atoms with Crippen molar-refractivity contribution in [3.63, 3.8) is 0 Å². The average molecular weight is 331 g/mol. The molecule has 3 rings (SSSR count). The van der Waals surface area contributed by atoms with Gasteiger partial charge in [0.25, 0.3) is 5.91 Å². The van der Waals surface area contributed by atoms with Gasteiger partial charge in [-0.05, 0) is 55.3 Å². The Balaban J connectivity index is 1.78. The van der Waals surface area contributed by atoms with Gasteiger partial charge < -0.3 is 10.6 Å². The number of benzene rings is 2. The highest BCUT2D eigenvalue weighted by molar-refractivity contribution is 6.00. The Kier molecular flexibility index (Phi) is 5.09. The number of nitrogens with zero attached hydrogens (tertiary/aromatic N) is 1. The fourth-order valence-electron chi connectivity index (χ4n) is 2.59. The third-order valence-electron chi connectivity index (χ3n) is 4.20. The fraction of sp³-hybridized carbons (Fsp3) is 0.143.